The van der Waals surface area contributed by atoms with E-state index >= 15 is 0 Å². The van der Waals surface area contributed by atoms with Crippen molar-refractivity contribution in [2.24, 2.45) is 0 Å². The number of nitrogens with zero attached hydrogens (tertiary/aromatic N) is 1. The molecule has 2 rings (SSSR count). The minimum Gasteiger partial charge on any atom is -0.478 e. The van der Waals surface area contributed by atoms with Crippen LogP contribution in [0.1, 0.15) is 10.4 Å². The SMILES string of the molecule is COC1CN(c2ccc(C(=O)O)c(F)c2F)CC1OC. The molecule has 1 aliphatic heterocycles. The summed E-state index contributed by atoms with van der Waals surface area (Å²) >= 11 is 0. The van der Waals surface area contributed by atoms with Crippen LogP contribution in [0.15, 0.2) is 12.1 Å². The summed E-state index contributed by atoms with van der Waals surface area (Å²) in [5.41, 5.74) is -0.675. The third kappa shape index (κ3) is 2.46. The molecule has 1 aliphatic rings. The van der Waals surface area contributed by atoms with E-state index in [0.29, 0.717) is 13.1 Å². The molecule has 110 valence electrons. The van der Waals surface area contributed by atoms with Crippen molar-refractivity contribution in [2.45, 2.75) is 12.2 Å². The lowest BCUT2D eigenvalue weighted by molar-refractivity contribution is -0.00461. The molecule has 0 saturated carbocycles. The molecule has 20 heavy (non-hydrogen) atoms. The van der Waals surface area contributed by atoms with Crippen molar-refractivity contribution in [1.82, 2.24) is 0 Å². The summed E-state index contributed by atoms with van der Waals surface area (Å²) in [6.07, 6.45) is -0.497. The molecular formula is C13H15F2NO4. The van der Waals surface area contributed by atoms with Crippen LogP contribution in [-0.2, 0) is 9.47 Å². The van der Waals surface area contributed by atoms with Gasteiger partial charge >= 0.3 is 5.97 Å². The zero-order chi connectivity index (χ0) is 14.9. The number of carboxylic acid groups (broad SMARTS) is 1. The number of halogens is 2. The van der Waals surface area contributed by atoms with Gasteiger partial charge in [0.2, 0.25) is 0 Å². The summed E-state index contributed by atoms with van der Waals surface area (Å²) in [6.45, 7) is 0.690. The standard InChI is InChI=1S/C13H15F2NO4/c1-19-9-5-16(6-10(9)20-2)8-4-3-7(13(17)18)11(14)12(8)15/h3-4,9-10H,5-6H2,1-2H3,(H,17,18). The molecule has 1 aromatic carbocycles. The lowest BCUT2D eigenvalue weighted by atomic mass is 10.1. The Morgan fingerprint density at radius 2 is 1.75 bits per heavy atom. The van der Waals surface area contributed by atoms with E-state index in [1.54, 1.807) is 4.90 Å². The summed E-state index contributed by atoms with van der Waals surface area (Å²) < 4.78 is 38.1. The van der Waals surface area contributed by atoms with Crippen LogP contribution in [-0.4, -0.2) is 50.6 Å². The van der Waals surface area contributed by atoms with Crippen LogP contribution in [0.4, 0.5) is 14.5 Å². The Balaban J connectivity index is 2.31. The van der Waals surface area contributed by atoms with Crippen molar-refractivity contribution in [1.29, 1.82) is 0 Å². The number of carbonyl (C=O) groups is 1. The fraction of sp³-hybridized carbons (Fsp3) is 0.462. The quantitative estimate of drug-likeness (QED) is 0.909. The zero-order valence-corrected chi connectivity index (χ0v) is 11.1. The highest BCUT2D eigenvalue weighted by molar-refractivity contribution is 5.88. The van der Waals surface area contributed by atoms with Crippen LogP contribution in [0.25, 0.3) is 0 Å². The second-order valence-electron chi connectivity index (χ2n) is 4.52. The number of ether oxygens (including phenoxy) is 2. The molecular weight excluding hydrogens is 272 g/mol. The molecule has 1 aromatic rings. The highest BCUT2D eigenvalue weighted by atomic mass is 19.2. The van der Waals surface area contributed by atoms with E-state index in [1.807, 2.05) is 0 Å². The van der Waals surface area contributed by atoms with Gasteiger partial charge in [-0.05, 0) is 12.1 Å². The molecule has 0 amide bonds. The second kappa shape index (κ2) is 5.72. The monoisotopic (exact) mass is 287 g/mol. The molecule has 0 aliphatic carbocycles. The van der Waals surface area contributed by atoms with Crippen molar-refractivity contribution in [3.63, 3.8) is 0 Å². The van der Waals surface area contributed by atoms with Gasteiger partial charge in [-0.15, -0.1) is 0 Å². The number of hydrogen-bond acceptors (Lipinski definition) is 4. The number of hydrogen-bond donors (Lipinski definition) is 1. The molecule has 0 radical (unpaired) electrons. The second-order valence-corrected chi connectivity index (χ2v) is 4.52. The Morgan fingerprint density at radius 3 is 2.20 bits per heavy atom. The third-order valence-electron chi connectivity index (χ3n) is 3.45. The number of carboxylic acids is 1. The highest BCUT2D eigenvalue weighted by Gasteiger charge is 2.35. The number of benzene rings is 1. The Hall–Kier alpha value is -1.73. The summed E-state index contributed by atoms with van der Waals surface area (Å²) in [4.78, 5) is 12.3. The maximum atomic E-state index is 14.0. The average Bonchev–Trinajstić information content (AvgIpc) is 2.84. The molecule has 1 saturated heterocycles. The van der Waals surface area contributed by atoms with Gasteiger partial charge in [-0.2, -0.15) is 0 Å². The van der Waals surface area contributed by atoms with Crippen LogP contribution in [0.5, 0.6) is 0 Å². The smallest absolute Gasteiger partial charge is 0.338 e. The highest BCUT2D eigenvalue weighted by Crippen LogP contribution is 2.28. The van der Waals surface area contributed by atoms with Crippen molar-refractivity contribution in [3.8, 4) is 0 Å². The van der Waals surface area contributed by atoms with Gasteiger partial charge < -0.3 is 19.5 Å². The number of methoxy groups -OCH3 is 2. The van der Waals surface area contributed by atoms with Gasteiger partial charge in [0, 0.05) is 27.3 Å². The molecule has 0 aromatic heterocycles. The van der Waals surface area contributed by atoms with Gasteiger partial charge in [0.1, 0.15) is 12.2 Å². The largest absolute Gasteiger partial charge is 0.478 e. The van der Waals surface area contributed by atoms with Gasteiger partial charge in [0.25, 0.3) is 0 Å². The molecule has 2 unspecified atom stereocenters. The zero-order valence-electron chi connectivity index (χ0n) is 11.1. The van der Waals surface area contributed by atoms with Gasteiger partial charge in [-0.1, -0.05) is 0 Å². The van der Waals surface area contributed by atoms with E-state index in [4.69, 9.17) is 14.6 Å². The minimum absolute atomic E-state index is 0.00843. The third-order valence-corrected chi connectivity index (χ3v) is 3.45. The minimum atomic E-state index is -1.50. The summed E-state index contributed by atoms with van der Waals surface area (Å²) in [5, 5.41) is 8.75. The maximum Gasteiger partial charge on any atom is 0.338 e. The lowest BCUT2D eigenvalue weighted by Gasteiger charge is -2.19. The maximum absolute atomic E-state index is 14.0. The Labute approximate surface area is 114 Å². The molecule has 0 spiro atoms. The predicted octanol–water partition coefficient (Wildman–Crippen LogP) is 1.51. The van der Waals surface area contributed by atoms with Crippen molar-refractivity contribution >= 4 is 11.7 Å². The van der Waals surface area contributed by atoms with E-state index in [1.165, 1.54) is 20.3 Å². The predicted molar refractivity (Wildman–Crippen MR) is 67.1 cm³/mol. The first-order chi connectivity index (χ1) is 9.49. The van der Waals surface area contributed by atoms with E-state index in [0.717, 1.165) is 6.07 Å². The summed E-state index contributed by atoms with van der Waals surface area (Å²) in [6, 6.07) is 2.31. The first kappa shape index (κ1) is 14.7. The molecule has 1 heterocycles. The van der Waals surface area contributed by atoms with E-state index < -0.39 is 23.2 Å². The van der Waals surface area contributed by atoms with Crippen molar-refractivity contribution in [2.75, 3.05) is 32.2 Å². The normalized spacial score (nSPS) is 22.3. The van der Waals surface area contributed by atoms with Gasteiger partial charge in [-0.25, -0.2) is 13.6 Å². The first-order valence-corrected chi connectivity index (χ1v) is 6.01. The summed E-state index contributed by atoms with van der Waals surface area (Å²) in [7, 11) is 3.04. The van der Waals surface area contributed by atoms with Crippen LogP contribution >= 0.6 is 0 Å². The molecule has 1 fully saturated rings. The van der Waals surface area contributed by atoms with Gasteiger partial charge in [0.05, 0.1) is 11.3 Å². The Bertz CT molecular complexity index is 511. The van der Waals surface area contributed by atoms with Crippen molar-refractivity contribution in [3.05, 3.63) is 29.3 Å². The number of anilines is 1. The molecule has 5 nitrogen and oxygen atoms in total. The average molecular weight is 287 g/mol. The van der Waals surface area contributed by atoms with Crippen LogP contribution < -0.4 is 4.90 Å². The van der Waals surface area contributed by atoms with E-state index in [2.05, 4.69) is 0 Å². The van der Waals surface area contributed by atoms with Crippen LogP contribution in [0, 0.1) is 11.6 Å². The first-order valence-electron chi connectivity index (χ1n) is 6.01. The number of aromatic carboxylic acids is 1. The summed E-state index contributed by atoms with van der Waals surface area (Å²) in [5.74, 6) is -4.03. The lowest BCUT2D eigenvalue weighted by Crippen LogP contribution is -2.27. The van der Waals surface area contributed by atoms with E-state index in [9.17, 15) is 13.6 Å². The van der Waals surface area contributed by atoms with Gasteiger partial charge in [-0.3, -0.25) is 0 Å². The Kier molecular flexibility index (Phi) is 4.20. The topological polar surface area (TPSA) is 59.0 Å². The van der Waals surface area contributed by atoms with Gasteiger partial charge in [0.15, 0.2) is 11.6 Å². The number of rotatable bonds is 4. The Morgan fingerprint density at radius 1 is 1.20 bits per heavy atom. The fourth-order valence-corrected chi connectivity index (χ4v) is 2.34. The molecule has 7 heteroatoms. The molecule has 2 atom stereocenters. The van der Waals surface area contributed by atoms with Crippen molar-refractivity contribution < 1.29 is 28.2 Å². The molecule has 1 N–H and O–H groups in total. The van der Waals surface area contributed by atoms with E-state index in [-0.39, 0.29) is 17.9 Å². The van der Waals surface area contributed by atoms with Crippen LogP contribution in [0.3, 0.4) is 0 Å². The fourth-order valence-electron chi connectivity index (χ4n) is 2.34. The molecule has 0 bridgehead atoms. The van der Waals surface area contributed by atoms with Crippen LogP contribution in [0.2, 0.25) is 0 Å².